The number of hydrazone groups is 1. The van der Waals surface area contributed by atoms with E-state index in [1.54, 1.807) is 49.0 Å². The molecule has 2 aromatic carbocycles. The van der Waals surface area contributed by atoms with Crippen LogP contribution in [0.5, 0.6) is 0 Å². The lowest BCUT2D eigenvalue weighted by atomic mass is 10.1. The van der Waals surface area contributed by atoms with E-state index in [1.165, 1.54) is 11.3 Å². The first-order valence-electron chi connectivity index (χ1n) is 11.7. The lowest BCUT2D eigenvalue weighted by Crippen LogP contribution is -2.35. The quantitative estimate of drug-likeness (QED) is 0.233. The first-order valence-corrected chi connectivity index (χ1v) is 12.6. The summed E-state index contributed by atoms with van der Waals surface area (Å²) in [5, 5.41) is 29.7. The third-order valence-electron chi connectivity index (χ3n) is 5.22. The summed E-state index contributed by atoms with van der Waals surface area (Å²) >= 11 is 1.30. The zero-order chi connectivity index (χ0) is 26.1. The van der Waals surface area contributed by atoms with Crippen LogP contribution >= 0.6 is 11.3 Å². The van der Waals surface area contributed by atoms with Crippen LogP contribution in [0.1, 0.15) is 51.3 Å². The monoisotopic (exact) mass is 508 g/mol. The van der Waals surface area contributed by atoms with E-state index >= 15 is 0 Å². The Kier molecular flexibility index (Phi) is 9.89. The van der Waals surface area contributed by atoms with E-state index in [0.717, 1.165) is 16.7 Å². The first kappa shape index (κ1) is 27.2. The van der Waals surface area contributed by atoms with Gasteiger partial charge in [0.15, 0.2) is 0 Å². The predicted octanol–water partition coefficient (Wildman–Crippen LogP) is 3.64. The third kappa shape index (κ3) is 8.39. The van der Waals surface area contributed by atoms with Crippen LogP contribution in [0, 0.1) is 6.92 Å². The van der Waals surface area contributed by atoms with Crippen molar-refractivity contribution in [2.45, 2.75) is 39.5 Å². The van der Waals surface area contributed by atoms with Gasteiger partial charge in [-0.25, -0.2) is 5.43 Å². The van der Waals surface area contributed by atoms with Crippen molar-refractivity contribution in [3.8, 4) is 0 Å². The zero-order valence-corrected chi connectivity index (χ0v) is 21.5. The van der Waals surface area contributed by atoms with Gasteiger partial charge >= 0.3 is 0 Å². The molecule has 0 bridgehead atoms. The number of thiophene rings is 1. The molecule has 3 aromatic rings. The summed E-state index contributed by atoms with van der Waals surface area (Å²) in [5.41, 5.74) is 6.52. The van der Waals surface area contributed by atoms with E-state index in [9.17, 15) is 19.8 Å². The number of hydrogen-bond donors (Lipinski definition) is 4. The van der Waals surface area contributed by atoms with E-state index < -0.39 is 18.1 Å². The molecule has 1 aromatic heterocycles. The normalized spacial score (nSPS) is 13.1. The summed E-state index contributed by atoms with van der Waals surface area (Å²) in [7, 11) is 0. The highest BCUT2D eigenvalue weighted by molar-refractivity contribution is 7.08. The number of carbonyl (C=O) groups is 2. The van der Waals surface area contributed by atoms with Crippen molar-refractivity contribution in [1.82, 2.24) is 10.3 Å². The first-order chi connectivity index (χ1) is 17.2. The minimum absolute atomic E-state index is 0.325. The maximum absolute atomic E-state index is 12.9. The van der Waals surface area contributed by atoms with Gasteiger partial charge in [0.1, 0.15) is 0 Å². The summed E-state index contributed by atoms with van der Waals surface area (Å²) in [4.78, 5) is 27.5. The molecule has 4 N–H and O–H groups in total. The average molecular weight is 509 g/mol. The van der Waals surface area contributed by atoms with Crippen LogP contribution < -0.4 is 10.7 Å². The molecule has 0 radical (unpaired) electrons. The van der Waals surface area contributed by atoms with Gasteiger partial charge in [-0.1, -0.05) is 42.0 Å². The Balaban J connectivity index is 1.65. The van der Waals surface area contributed by atoms with Crippen LogP contribution in [0.2, 0.25) is 0 Å². The second kappa shape index (κ2) is 13.1. The van der Waals surface area contributed by atoms with E-state index in [2.05, 4.69) is 15.8 Å². The van der Waals surface area contributed by atoms with E-state index in [4.69, 9.17) is 0 Å². The standard InChI is InChI=1S/C27H32N4O4S/c1-18-6-4-7-21(10-18)12-28-30-27(35)24-16-36-17-25(24)29-26(34)23-9-5-8-22(11-23)15-31(13-19(2)32)14-20(3)33/h4-12,16-17,19-20,32-33H,13-15H2,1-3H3,(H,29,34)(H,30,35). The van der Waals surface area contributed by atoms with Gasteiger partial charge < -0.3 is 15.5 Å². The summed E-state index contributed by atoms with van der Waals surface area (Å²) < 4.78 is 0. The number of aliphatic hydroxyl groups is 2. The molecular weight excluding hydrogens is 476 g/mol. The van der Waals surface area contributed by atoms with Crippen molar-refractivity contribution in [3.63, 3.8) is 0 Å². The van der Waals surface area contributed by atoms with Crippen molar-refractivity contribution in [2.24, 2.45) is 5.10 Å². The molecule has 0 aliphatic carbocycles. The number of benzene rings is 2. The molecule has 9 heteroatoms. The average Bonchev–Trinajstić information content (AvgIpc) is 3.26. The number of carbonyl (C=O) groups excluding carboxylic acids is 2. The Hall–Kier alpha value is -3.37. The molecule has 2 unspecified atom stereocenters. The lowest BCUT2D eigenvalue weighted by Gasteiger charge is -2.25. The maximum atomic E-state index is 12.9. The highest BCUT2D eigenvalue weighted by atomic mass is 32.1. The summed E-state index contributed by atoms with van der Waals surface area (Å²) in [6.07, 6.45) is 0.485. The van der Waals surface area contributed by atoms with Crippen LogP contribution in [0.25, 0.3) is 0 Å². The Morgan fingerprint density at radius 2 is 1.75 bits per heavy atom. The summed E-state index contributed by atoms with van der Waals surface area (Å²) in [6, 6.07) is 14.9. The second-order valence-electron chi connectivity index (χ2n) is 8.86. The van der Waals surface area contributed by atoms with Crippen LogP contribution in [0.4, 0.5) is 5.69 Å². The Morgan fingerprint density at radius 3 is 2.44 bits per heavy atom. The Labute approximate surface area is 215 Å². The number of rotatable bonds is 11. The van der Waals surface area contributed by atoms with Crippen molar-refractivity contribution in [1.29, 1.82) is 0 Å². The van der Waals surface area contributed by atoms with E-state index in [1.807, 2.05) is 42.2 Å². The van der Waals surface area contributed by atoms with Gasteiger partial charge in [-0.05, 0) is 44.0 Å². The summed E-state index contributed by atoms with van der Waals surface area (Å²) in [6.45, 7) is 6.65. The number of aliphatic hydroxyl groups excluding tert-OH is 2. The largest absolute Gasteiger partial charge is 0.392 e. The highest BCUT2D eigenvalue weighted by Crippen LogP contribution is 2.22. The molecular formula is C27H32N4O4S. The Bertz CT molecular complexity index is 1200. The van der Waals surface area contributed by atoms with Crippen molar-refractivity contribution in [2.75, 3.05) is 18.4 Å². The zero-order valence-electron chi connectivity index (χ0n) is 20.6. The van der Waals surface area contributed by atoms with E-state index in [0.29, 0.717) is 36.4 Å². The number of hydrogen-bond acceptors (Lipinski definition) is 7. The minimum Gasteiger partial charge on any atom is -0.392 e. The Morgan fingerprint density at radius 1 is 1.03 bits per heavy atom. The van der Waals surface area contributed by atoms with Crippen molar-refractivity contribution < 1.29 is 19.8 Å². The van der Waals surface area contributed by atoms with Gasteiger partial charge in [0.25, 0.3) is 11.8 Å². The topological polar surface area (TPSA) is 114 Å². The molecule has 3 rings (SSSR count). The highest BCUT2D eigenvalue weighted by Gasteiger charge is 2.17. The molecule has 0 spiro atoms. The fourth-order valence-corrected chi connectivity index (χ4v) is 4.52. The van der Waals surface area contributed by atoms with Gasteiger partial charge in [0.05, 0.1) is 29.7 Å². The van der Waals surface area contributed by atoms with Gasteiger partial charge in [-0.15, -0.1) is 11.3 Å². The summed E-state index contributed by atoms with van der Waals surface area (Å²) in [5.74, 6) is -0.763. The van der Waals surface area contributed by atoms with Crippen molar-refractivity contribution in [3.05, 3.63) is 87.1 Å². The number of amides is 2. The van der Waals surface area contributed by atoms with Crippen LogP contribution in [0.15, 0.2) is 64.4 Å². The molecule has 2 amide bonds. The number of anilines is 1. The maximum Gasteiger partial charge on any atom is 0.274 e. The van der Waals surface area contributed by atoms with Gasteiger partial charge in [0, 0.05) is 36.0 Å². The molecule has 36 heavy (non-hydrogen) atoms. The second-order valence-corrected chi connectivity index (χ2v) is 9.60. The smallest absolute Gasteiger partial charge is 0.274 e. The van der Waals surface area contributed by atoms with E-state index in [-0.39, 0.29) is 5.91 Å². The number of nitrogens with zero attached hydrogens (tertiary/aromatic N) is 2. The fourth-order valence-electron chi connectivity index (χ4n) is 3.76. The molecule has 2 atom stereocenters. The lowest BCUT2D eigenvalue weighted by molar-refractivity contribution is 0.0793. The molecule has 0 aliphatic rings. The number of nitrogens with one attached hydrogen (secondary N) is 2. The predicted molar refractivity (Wildman–Crippen MR) is 144 cm³/mol. The fraction of sp³-hybridized carbons (Fsp3) is 0.296. The van der Waals surface area contributed by atoms with Crippen molar-refractivity contribution >= 4 is 35.1 Å². The molecule has 8 nitrogen and oxygen atoms in total. The van der Waals surface area contributed by atoms with Gasteiger partial charge in [0.2, 0.25) is 0 Å². The third-order valence-corrected chi connectivity index (χ3v) is 5.96. The van der Waals surface area contributed by atoms with Crippen LogP contribution in [0.3, 0.4) is 0 Å². The molecule has 190 valence electrons. The molecule has 0 aliphatic heterocycles. The number of aryl methyl sites for hydroxylation is 1. The molecule has 0 saturated heterocycles. The van der Waals surface area contributed by atoms with Gasteiger partial charge in [-0.2, -0.15) is 5.10 Å². The molecule has 0 saturated carbocycles. The molecule has 0 fully saturated rings. The SMILES string of the molecule is Cc1cccc(C=NNC(=O)c2cscc2NC(=O)c2cccc(CN(CC(C)O)CC(C)O)c2)c1. The van der Waals surface area contributed by atoms with Crippen LogP contribution in [-0.4, -0.2) is 58.4 Å². The minimum atomic E-state index is -0.542. The van der Waals surface area contributed by atoms with Gasteiger partial charge in [-0.3, -0.25) is 14.5 Å². The molecule has 1 heterocycles. The van der Waals surface area contributed by atoms with Crippen LogP contribution in [-0.2, 0) is 6.54 Å².